The maximum Gasteiger partial charge on any atom is 0.0933 e. The third kappa shape index (κ3) is 17.5. The predicted octanol–water partition coefficient (Wildman–Crippen LogP) is 5.21. The van der Waals surface area contributed by atoms with Gasteiger partial charge in [-0.15, -0.1) is 0 Å². The molecule has 0 spiro atoms. The molecule has 0 heterocycles. The van der Waals surface area contributed by atoms with Gasteiger partial charge in [-0.25, -0.2) is 0 Å². The lowest BCUT2D eigenvalue weighted by Crippen LogP contribution is -2.10. The molecule has 0 aromatic carbocycles. The molecule has 22 heavy (non-hydrogen) atoms. The van der Waals surface area contributed by atoms with E-state index in [1.807, 2.05) is 6.92 Å². The first-order chi connectivity index (χ1) is 10.7. The molecule has 0 aromatic rings. The highest BCUT2D eigenvalue weighted by molar-refractivity contribution is 5.79. The lowest BCUT2D eigenvalue weighted by molar-refractivity contribution is 0.180. The van der Waals surface area contributed by atoms with Crippen LogP contribution in [0, 0.1) is 0 Å². The molecular weight excluding hydrogens is 272 g/mol. The van der Waals surface area contributed by atoms with E-state index in [4.69, 9.17) is 10.8 Å². The molecular formula is C19H40N2O. The average molecular weight is 313 g/mol. The number of rotatable bonds is 16. The first-order valence-corrected chi connectivity index (χ1v) is 9.56. The number of aliphatic imine (C=N–C) groups is 1. The van der Waals surface area contributed by atoms with Crippen molar-refractivity contribution < 1.29 is 5.11 Å². The summed E-state index contributed by atoms with van der Waals surface area (Å²) in [6.45, 7) is 1.88. The number of unbranched alkanes of at least 4 members (excludes halogenated alkanes) is 12. The minimum atomic E-state index is -0.114. The molecule has 0 fully saturated rings. The van der Waals surface area contributed by atoms with Crippen LogP contribution in [0.4, 0.5) is 0 Å². The van der Waals surface area contributed by atoms with Crippen LogP contribution in [0.2, 0.25) is 0 Å². The van der Waals surface area contributed by atoms with Gasteiger partial charge in [0.1, 0.15) is 0 Å². The van der Waals surface area contributed by atoms with Crippen molar-refractivity contribution in [2.75, 3.05) is 7.05 Å². The van der Waals surface area contributed by atoms with Gasteiger partial charge in [-0.3, -0.25) is 4.99 Å². The van der Waals surface area contributed by atoms with E-state index in [2.05, 4.69) is 4.99 Å². The van der Waals surface area contributed by atoms with Gasteiger partial charge in [0.05, 0.1) is 11.9 Å². The molecule has 0 radical (unpaired) electrons. The number of hydrogen-bond acceptors (Lipinski definition) is 2. The summed E-state index contributed by atoms with van der Waals surface area (Å²) in [5, 5.41) is 9.17. The van der Waals surface area contributed by atoms with Crippen LogP contribution in [0.5, 0.6) is 0 Å². The Balaban J connectivity index is 3.03. The van der Waals surface area contributed by atoms with Gasteiger partial charge in [-0.2, -0.15) is 0 Å². The van der Waals surface area contributed by atoms with E-state index in [0.29, 0.717) is 0 Å². The summed E-state index contributed by atoms with van der Waals surface area (Å²) < 4.78 is 0. The van der Waals surface area contributed by atoms with Crippen LogP contribution >= 0.6 is 0 Å². The van der Waals surface area contributed by atoms with E-state index in [9.17, 15) is 0 Å². The largest absolute Gasteiger partial charge is 0.393 e. The number of nitrogens with zero attached hydrogens (tertiary/aromatic N) is 1. The first kappa shape index (κ1) is 21.4. The summed E-state index contributed by atoms with van der Waals surface area (Å²) in [6, 6.07) is 0. The Bertz CT molecular complexity index is 252. The molecule has 1 atom stereocenters. The fourth-order valence-electron chi connectivity index (χ4n) is 2.80. The minimum absolute atomic E-state index is 0.114. The Morgan fingerprint density at radius 2 is 1.14 bits per heavy atom. The van der Waals surface area contributed by atoms with Gasteiger partial charge in [-0.05, 0) is 19.8 Å². The normalized spacial score (nSPS) is 13.5. The Morgan fingerprint density at radius 1 is 0.773 bits per heavy atom. The zero-order valence-electron chi connectivity index (χ0n) is 15.2. The first-order valence-electron chi connectivity index (χ1n) is 9.56. The van der Waals surface area contributed by atoms with E-state index < -0.39 is 0 Å². The number of nitrogens with two attached hydrogens (primary N) is 1. The summed E-state index contributed by atoms with van der Waals surface area (Å²) in [5.74, 6) is 0.797. The van der Waals surface area contributed by atoms with Crippen molar-refractivity contribution in [2.24, 2.45) is 10.7 Å². The number of aliphatic hydroxyl groups is 1. The number of hydrogen-bond donors (Lipinski definition) is 2. The zero-order chi connectivity index (χ0) is 16.5. The maximum absolute atomic E-state index is 9.17. The lowest BCUT2D eigenvalue weighted by atomic mass is 10.0. The maximum atomic E-state index is 9.17. The summed E-state index contributed by atoms with van der Waals surface area (Å²) in [7, 11) is 1.77. The smallest absolute Gasteiger partial charge is 0.0933 e. The molecule has 0 bridgehead atoms. The third-order valence-electron chi connectivity index (χ3n) is 4.34. The second-order valence-electron chi connectivity index (χ2n) is 6.70. The highest BCUT2D eigenvalue weighted by atomic mass is 16.3. The van der Waals surface area contributed by atoms with Crippen molar-refractivity contribution in [3.8, 4) is 0 Å². The third-order valence-corrected chi connectivity index (χ3v) is 4.34. The highest BCUT2D eigenvalue weighted by Gasteiger charge is 1.97. The van der Waals surface area contributed by atoms with E-state index in [1.54, 1.807) is 7.05 Å². The van der Waals surface area contributed by atoms with Gasteiger partial charge in [0, 0.05) is 13.5 Å². The summed E-state index contributed by atoms with van der Waals surface area (Å²) in [6.07, 6.45) is 19.2. The lowest BCUT2D eigenvalue weighted by Gasteiger charge is -2.04. The minimum Gasteiger partial charge on any atom is -0.393 e. The molecule has 3 heteroatoms. The van der Waals surface area contributed by atoms with Crippen LogP contribution in [0.1, 0.15) is 103 Å². The average Bonchev–Trinajstić information content (AvgIpc) is 2.50. The van der Waals surface area contributed by atoms with Crippen molar-refractivity contribution in [3.63, 3.8) is 0 Å². The van der Waals surface area contributed by atoms with Crippen LogP contribution in [0.15, 0.2) is 4.99 Å². The van der Waals surface area contributed by atoms with Gasteiger partial charge < -0.3 is 10.8 Å². The van der Waals surface area contributed by atoms with E-state index >= 15 is 0 Å². The van der Waals surface area contributed by atoms with Crippen LogP contribution in [-0.2, 0) is 0 Å². The summed E-state index contributed by atoms with van der Waals surface area (Å²) >= 11 is 0. The predicted molar refractivity (Wildman–Crippen MR) is 98.5 cm³/mol. The second-order valence-corrected chi connectivity index (χ2v) is 6.70. The quantitative estimate of drug-likeness (QED) is 0.233. The van der Waals surface area contributed by atoms with Crippen LogP contribution in [0.25, 0.3) is 0 Å². The number of aliphatic hydroxyl groups excluding tert-OH is 1. The molecule has 0 aliphatic carbocycles. The molecule has 3 nitrogen and oxygen atoms in total. The monoisotopic (exact) mass is 312 g/mol. The van der Waals surface area contributed by atoms with Gasteiger partial charge in [0.15, 0.2) is 0 Å². The Hall–Kier alpha value is -0.570. The van der Waals surface area contributed by atoms with Crippen molar-refractivity contribution in [3.05, 3.63) is 0 Å². The van der Waals surface area contributed by atoms with Gasteiger partial charge in [0.25, 0.3) is 0 Å². The molecule has 3 N–H and O–H groups in total. The number of amidine groups is 1. The van der Waals surface area contributed by atoms with Gasteiger partial charge in [0.2, 0.25) is 0 Å². The fraction of sp³-hybridized carbons (Fsp3) is 0.947. The zero-order valence-corrected chi connectivity index (χ0v) is 15.2. The van der Waals surface area contributed by atoms with Crippen molar-refractivity contribution >= 4 is 5.84 Å². The Morgan fingerprint density at radius 3 is 1.50 bits per heavy atom. The molecule has 0 saturated heterocycles. The van der Waals surface area contributed by atoms with E-state index in [-0.39, 0.29) is 6.10 Å². The molecule has 0 aliphatic heterocycles. The van der Waals surface area contributed by atoms with Crippen molar-refractivity contribution in [2.45, 2.75) is 109 Å². The summed E-state index contributed by atoms with van der Waals surface area (Å²) in [5.41, 5.74) is 5.67. The van der Waals surface area contributed by atoms with Crippen LogP contribution in [-0.4, -0.2) is 24.1 Å². The highest BCUT2D eigenvalue weighted by Crippen LogP contribution is 2.13. The fourth-order valence-corrected chi connectivity index (χ4v) is 2.80. The molecule has 0 saturated carbocycles. The van der Waals surface area contributed by atoms with Gasteiger partial charge in [-0.1, -0.05) is 77.0 Å². The molecule has 0 aromatic heterocycles. The molecule has 0 aliphatic rings. The summed E-state index contributed by atoms with van der Waals surface area (Å²) in [4.78, 5) is 3.98. The van der Waals surface area contributed by atoms with Crippen LogP contribution in [0.3, 0.4) is 0 Å². The standard InChI is InChI=1S/C19H40N2O/c1-18(22)16-14-12-10-8-6-4-3-5-7-9-11-13-15-17-19(20)21-2/h18,22H,3-17H2,1-2H3,(H2,20,21). The Kier molecular flexibility index (Phi) is 16.4. The molecule has 132 valence electrons. The van der Waals surface area contributed by atoms with Crippen molar-refractivity contribution in [1.82, 2.24) is 0 Å². The Labute approximate surface area is 138 Å². The topological polar surface area (TPSA) is 58.6 Å². The molecule has 0 rings (SSSR count). The van der Waals surface area contributed by atoms with E-state index in [1.165, 1.54) is 83.5 Å². The van der Waals surface area contributed by atoms with E-state index in [0.717, 1.165) is 18.7 Å². The molecule has 1 unspecified atom stereocenters. The molecule has 0 amide bonds. The van der Waals surface area contributed by atoms with Gasteiger partial charge >= 0.3 is 0 Å². The van der Waals surface area contributed by atoms with Crippen LogP contribution < -0.4 is 5.73 Å². The second kappa shape index (κ2) is 16.8. The van der Waals surface area contributed by atoms with Crippen molar-refractivity contribution in [1.29, 1.82) is 0 Å². The SMILES string of the molecule is CN=C(N)CCCCCCCCCCCCCCCC(C)O.